The van der Waals surface area contributed by atoms with Crippen molar-refractivity contribution in [3.8, 4) is 0 Å². The van der Waals surface area contributed by atoms with Crippen molar-refractivity contribution in [2.45, 2.75) is 40.5 Å². The smallest absolute Gasteiger partial charge is 0.333 e. The van der Waals surface area contributed by atoms with Crippen molar-refractivity contribution in [3.63, 3.8) is 0 Å². The minimum Gasteiger partial charge on any atom is -0.462 e. The van der Waals surface area contributed by atoms with Gasteiger partial charge in [-0.2, -0.15) is 0 Å². The zero-order valence-corrected chi connectivity index (χ0v) is 22.2. The van der Waals surface area contributed by atoms with Crippen LogP contribution in [0.25, 0.3) is 0 Å². The second-order valence-corrected chi connectivity index (χ2v) is 9.28. The molecule has 0 aromatic heterocycles. The molecule has 192 valence electrons. The molecule has 0 saturated carbocycles. The third-order valence-electron chi connectivity index (χ3n) is 6.03. The Balaban J connectivity index is 1.90. The number of carbonyl (C=O) groups excluding carboxylic acids is 2. The molecule has 0 heterocycles. The van der Waals surface area contributed by atoms with Gasteiger partial charge in [-0.3, -0.25) is 0 Å². The standard InChI is InChI=1S/C32H35NO4/c1-22(2)31(34)36-17-15-26-9-7-11-28(20-26)33(30-14-13-24(5)25(6)19-30)29-12-8-10-27(21-29)16-18-37-32(35)23(3)4/h7-14,19-21H,1,3,15-18H2,2,4-6H3. The van der Waals surface area contributed by atoms with E-state index in [0.717, 1.165) is 28.2 Å². The zero-order valence-electron chi connectivity index (χ0n) is 22.2. The van der Waals surface area contributed by atoms with Crippen LogP contribution in [0.1, 0.15) is 36.1 Å². The van der Waals surface area contributed by atoms with Crippen molar-refractivity contribution in [1.82, 2.24) is 0 Å². The predicted molar refractivity (Wildman–Crippen MR) is 150 cm³/mol. The molecule has 0 aliphatic carbocycles. The molecular formula is C32H35NO4. The summed E-state index contributed by atoms with van der Waals surface area (Å²) in [6, 6.07) is 22.9. The molecule has 5 nitrogen and oxygen atoms in total. The Hall–Kier alpha value is -4.12. The topological polar surface area (TPSA) is 55.8 Å². The fraction of sp³-hybridized carbons (Fsp3) is 0.250. The number of hydrogen-bond acceptors (Lipinski definition) is 5. The summed E-state index contributed by atoms with van der Waals surface area (Å²) in [6.45, 7) is 15.3. The van der Waals surface area contributed by atoms with Gasteiger partial charge in [-0.1, -0.05) is 43.5 Å². The van der Waals surface area contributed by atoms with Gasteiger partial charge in [0.15, 0.2) is 0 Å². The van der Waals surface area contributed by atoms with Crippen LogP contribution in [0.3, 0.4) is 0 Å². The first-order valence-corrected chi connectivity index (χ1v) is 12.4. The van der Waals surface area contributed by atoms with Crippen molar-refractivity contribution in [3.05, 3.63) is 113 Å². The fourth-order valence-corrected chi connectivity index (χ4v) is 3.78. The average molecular weight is 498 g/mol. The molecule has 0 aliphatic rings. The molecule has 0 aliphatic heterocycles. The average Bonchev–Trinajstić information content (AvgIpc) is 2.86. The van der Waals surface area contributed by atoms with Gasteiger partial charge in [0, 0.05) is 41.1 Å². The van der Waals surface area contributed by atoms with Gasteiger partial charge in [0.25, 0.3) is 0 Å². The summed E-state index contributed by atoms with van der Waals surface area (Å²) in [5.74, 6) is -0.752. The molecule has 0 N–H and O–H groups in total. The molecule has 37 heavy (non-hydrogen) atoms. The summed E-state index contributed by atoms with van der Waals surface area (Å²) < 4.78 is 10.6. The summed E-state index contributed by atoms with van der Waals surface area (Å²) in [5, 5.41) is 0. The van der Waals surface area contributed by atoms with Crippen LogP contribution in [0.2, 0.25) is 0 Å². The Kier molecular flexibility index (Phi) is 9.45. The van der Waals surface area contributed by atoms with Crippen molar-refractivity contribution in [2.75, 3.05) is 18.1 Å². The lowest BCUT2D eigenvalue weighted by atomic mass is 10.1. The van der Waals surface area contributed by atoms with Crippen LogP contribution < -0.4 is 4.90 Å². The van der Waals surface area contributed by atoms with Gasteiger partial charge in [-0.25, -0.2) is 9.59 Å². The maximum atomic E-state index is 11.8. The first-order valence-electron chi connectivity index (χ1n) is 12.4. The Morgan fingerprint density at radius 2 is 1.14 bits per heavy atom. The molecule has 5 heteroatoms. The van der Waals surface area contributed by atoms with Gasteiger partial charge in [-0.15, -0.1) is 0 Å². The first kappa shape index (κ1) is 27.5. The molecule has 0 unspecified atom stereocenters. The number of hydrogen-bond donors (Lipinski definition) is 0. The van der Waals surface area contributed by atoms with E-state index in [9.17, 15) is 9.59 Å². The summed E-state index contributed by atoms with van der Waals surface area (Å²) >= 11 is 0. The lowest BCUT2D eigenvalue weighted by molar-refractivity contribution is -0.139. The Bertz CT molecular complexity index is 1230. The van der Waals surface area contributed by atoms with E-state index in [-0.39, 0.29) is 25.2 Å². The lowest BCUT2D eigenvalue weighted by Crippen LogP contribution is -2.12. The highest BCUT2D eigenvalue weighted by Gasteiger charge is 2.15. The van der Waals surface area contributed by atoms with Crippen molar-refractivity contribution in [1.29, 1.82) is 0 Å². The summed E-state index contributed by atoms with van der Waals surface area (Å²) in [6.07, 6.45) is 1.20. The highest BCUT2D eigenvalue weighted by atomic mass is 16.5. The normalized spacial score (nSPS) is 10.5. The van der Waals surface area contributed by atoms with Gasteiger partial charge < -0.3 is 14.4 Å². The van der Waals surface area contributed by atoms with Crippen LogP contribution in [0, 0.1) is 13.8 Å². The van der Waals surface area contributed by atoms with E-state index in [1.165, 1.54) is 11.1 Å². The predicted octanol–water partition coefficient (Wildman–Crippen LogP) is 7.10. The number of rotatable bonds is 11. The minimum atomic E-state index is -0.376. The molecular weight excluding hydrogens is 462 g/mol. The molecule has 0 atom stereocenters. The van der Waals surface area contributed by atoms with Crippen LogP contribution in [0.4, 0.5) is 17.1 Å². The van der Waals surface area contributed by atoms with Crippen LogP contribution >= 0.6 is 0 Å². The van der Waals surface area contributed by atoms with E-state index < -0.39 is 0 Å². The summed E-state index contributed by atoms with van der Waals surface area (Å²) in [4.78, 5) is 25.7. The Morgan fingerprint density at radius 3 is 1.57 bits per heavy atom. The van der Waals surface area contributed by atoms with Gasteiger partial charge in [-0.05, 0) is 86.3 Å². The molecule has 0 bridgehead atoms. The molecule has 0 amide bonds. The number of aryl methyl sites for hydroxylation is 2. The minimum absolute atomic E-state index is 0.289. The number of esters is 2. The molecule has 3 rings (SSSR count). The third-order valence-corrected chi connectivity index (χ3v) is 6.03. The second-order valence-electron chi connectivity index (χ2n) is 9.28. The largest absolute Gasteiger partial charge is 0.462 e. The summed E-state index contributed by atoms with van der Waals surface area (Å²) in [7, 11) is 0. The number of ether oxygens (including phenoxy) is 2. The van der Waals surface area contributed by atoms with Gasteiger partial charge >= 0.3 is 11.9 Å². The zero-order chi connectivity index (χ0) is 26.9. The second kappa shape index (κ2) is 12.7. The Morgan fingerprint density at radius 1 is 0.676 bits per heavy atom. The van der Waals surface area contributed by atoms with Gasteiger partial charge in [0.05, 0.1) is 13.2 Å². The highest BCUT2D eigenvalue weighted by Crippen LogP contribution is 2.36. The van der Waals surface area contributed by atoms with E-state index in [0.29, 0.717) is 24.0 Å². The molecule has 3 aromatic rings. The molecule has 0 fully saturated rings. The van der Waals surface area contributed by atoms with E-state index in [1.807, 2.05) is 24.3 Å². The van der Waals surface area contributed by atoms with Crippen LogP contribution in [-0.4, -0.2) is 25.2 Å². The van der Waals surface area contributed by atoms with Crippen molar-refractivity contribution >= 4 is 29.0 Å². The maximum absolute atomic E-state index is 11.8. The SMILES string of the molecule is C=C(C)C(=O)OCCc1cccc(N(c2cccc(CCOC(=O)C(=C)C)c2)c2ccc(C)c(C)c2)c1. The quantitative estimate of drug-likeness (QED) is 0.209. The van der Waals surface area contributed by atoms with E-state index in [2.05, 4.69) is 74.4 Å². The molecule has 0 spiro atoms. The molecule has 0 saturated heterocycles. The van der Waals surface area contributed by atoms with E-state index in [4.69, 9.17) is 9.47 Å². The third kappa shape index (κ3) is 7.68. The fourth-order valence-electron chi connectivity index (χ4n) is 3.78. The van der Waals surface area contributed by atoms with Gasteiger partial charge in [0.1, 0.15) is 0 Å². The lowest BCUT2D eigenvalue weighted by Gasteiger charge is -2.27. The monoisotopic (exact) mass is 497 g/mol. The number of anilines is 3. The summed E-state index contributed by atoms with van der Waals surface area (Å²) in [5.41, 5.74) is 8.37. The van der Waals surface area contributed by atoms with Crippen molar-refractivity contribution in [2.24, 2.45) is 0 Å². The van der Waals surface area contributed by atoms with Crippen molar-refractivity contribution < 1.29 is 19.1 Å². The first-order chi connectivity index (χ1) is 17.7. The van der Waals surface area contributed by atoms with Crippen LogP contribution in [-0.2, 0) is 31.9 Å². The molecule has 0 radical (unpaired) electrons. The van der Waals surface area contributed by atoms with Crippen LogP contribution in [0.5, 0.6) is 0 Å². The highest BCUT2D eigenvalue weighted by molar-refractivity contribution is 5.87. The molecule has 3 aromatic carbocycles. The van der Waals surface area contributed by atoms with Gasteiger partial charge in [0.2, 0.25) is 0 Å². The van der Waals surface area contributed by atoms with Crippen LogP contribution in [0.15, 0.2) is 91.0 Å². The van der Waals surface area contributed by atoms with E-state index in [1.54, 1.807) is 13.8 Å². The number of benzene rings is 3. The Labute approximate surface area is 220 Å². The maximum Gasteiger partial charge on any atom is 0.333 e. The number of carbonyl (C=O) groups is 2. The van der Waals surface area contributed by atoms with E-state index >= 15 is 0 Å². The number of nitrogens with zero attached hydrogens (tertiary/aromatic N) is 1.